The third kappa shape index (κ3) is 3.32. The zero-order valence-corrected chi connectivity index (χ0v) is 11.0. The van der Waals surface area contributed by atoms with Crippen LogP contribution < -0.4 is 4.74 Å². The molecule has 0 bridgehead atoms. The van der Waals surface area contributed by atoms with Crippen molar-refractivity contribution in [1.82, 2.24) is 0 Å². The van der Waals surface area contributed by atoms with Crippen LogP contribution in [0.5, 0.6) is 5.75 Å². The van der Waals surface area contributed by atoms with E-state index in [0.717, 1.165) is 0 Å². The van der Waals surface area contributed by atoms with E-state index >= 15 is 0 Å². The fourth-order valence-corrected chi connectivity index (χ4v) is 1.63. The number of carbonyl (C=O) groups is 1. The zero-order valence-electron chi connectivity index (χ0n) is 11.0. The largest absolute Gasteiger partial charge is 0.488 e. The summed E-state index contributed by atoms with van der Waals surface area (Å²) in [6.45, 7) is 6.96. The van der Waals surface area contributed by atoms with Gasteiger partial charge in [-0.05, 0) is 45.4 Å². The van der Waals surface area contributed by atoms with Crippen LogP contribution in [0.3, 0.4) is 0 Å². The van der Waals surface area contributed by atoms with E-state index in [4.69, 9.17) is 9.84 Å². The molecule has 1 aromatic rings. The second-order valence-electron chi connectivity index (χ2n) is 4.49. The average Bonchev–Trinajstić information content (AvgIpc) is 2.20. The van der Waals surface area contributed by atoms with Gasteiger partial charge in [0.1, 0.15) is 0 Å². The molecule has 0 aliphatic rings. The van der Waals surface area contributed by atoms with E-state index in [1.165, 1.54) is 12.1 Å². The van der Waals surface area contributed by atoms with Crippen molar-refractivity contribution in [3.05, 3.63) is 35.2 Å². The molecule has 0 aliphatic heterocycles. The molecule has 0 spiro atoms. The number of hydrogen-bond acceptors (Lipinski definition) is 2. The standard InChI is InChI=1S/C14H17FO3/c1-8(2)13(14(16)17)10-5-6-12(11(15)7-10)18-9(3)4/h5-7,9H,1-4H3,(H,16,17). The number of allylic oxidation sites excluding steroid dienone is 1. The van der Waals surface area contributed by atoms with E-state index in [9.17, 15) is 9.18 Å². The van der Waals surface area contributed by atoms with Crippen molar-refractivity contribution in [2.45, 2.75) is 33.8 Å². The Morgan fingerprint density at radius 2 is 1.94 bits per heavy atom. The van der Waals surface area contributed by atoms with Crippen molar-refractivity contribution in [2.24, 2.45) is 0 Å². The van der Waals surface area contributed by atoms with Crippen molar-refractivity contribution in [2.75, 3.05) is 0 Å². The summed E-state index contributed by atoms with van der Waals surface area (Å²) in [5.41, 5.74) is 1.08. The quantitative estimate of drug-likeness (QED) is 0.834. The summed E-state index contributed by atoms with van der Waals surface area (Å²) in [4.78, 5) is 11.1. The summed E-state index contributed by atoms with van der Waals surface area (Å²) in [5.74, 6) is -1.49. The first-order valence-electron chi connectivity index (χ1n) is 5.70. The first-order chi connectivity index (χ1) is 8.32. The molecule has 0 amide bonds. The molecule has 0 radical (unpaired) electrons. The molecule has 0 fully saturated rings. The Morgan fingerprint density at radius 3 is 2.33 bits per heavy atom. The number of aliphatic carboxylic acids is 1. The Bertz CT molecular complexity index is 486. The molecular formula is C14H17FO3. The third-order valence-electron chi connectivity index (χ3n) is 2.30. The minimum Gasteiger partial charge on any atom is -0.488 e. The van der Waals surface area contributed by atoms with Crippen molar-refractivity contribution in [3.63, 3.8) is 0 Å². The molecule has 1 rings (SSSR count). The van der Waals surface area contributed by atoms with Gasteiger partial charge in [0.05, 0.1) is 11.7 Å². The van der Waals surface area contributed by atoms with Gasteiger partial charge in [-0.1, -0.05) is 11.6 Å². The van der Waals surface area contributed by atoms with Crippen molar-refractivity contribution in [1.29, 1.82) is 0 Å². The van der Waals surface area contributed by atoms with E-state index in [1.807, 2.05) is 0 Å². The van der Waals surface area contributed by atoms with Crippen LogP contribution in [-0.4, -0.2) is 17.2 Å². The molecule has 1 aromatic carbocycles. The lowest BCUT2D eigenvalue weighted by Gasteiger charge is -2.12. The molecular weight excluding hydrogens is 235 g/mol. The SMILES string of the molecule is CC(C)=C(C(=O)O)c1ccc(OC(C)C)c(F)c1. The molecule has 98 valence electrons. The number of rotatable bonds is 4. The maximum Gasteiger partial charge on any atom is 0.336 e. The Morgan fingerprint density at radius 1 is 1.33 bits per heavy atom. The summed E-state index contributed by atoms with van der Waals surface area (Å²) >= 11 is 0. The molecule has 1 N–H and O–H groups in total. The second-order valence-corrected chi connectivity index (χ2v) is 4.49. The summed E-state index contributed by atoms with van der Waals surface area (Å²) in [5, 5.41) is 9.09. The number of hydrogen-bond donors (Lipinski definition) is 1. The van der Waals surface area contributed by atoms with Gasteiger partial charge in [0.15, 0.2) is 11.6 Å². The molecule has 0 unspecified atom stereocenters. The highest BCUT2D eigenvalue weighted by atomic mass is 19.1. The molecule has 0 heterocycles. The smallest absolute Gasteiger partial charge is 0.336 e. The molecule has 0 aromatic heterocycles. The lowest BCUT2D eigenvalue weighted by Crippen LogP contribution is -2.08. The van der Waals surface area contributed by atoms with Gasteiger partial charge in [-0.2, -0.15) is 0 Å². The van der Waals surface area contributed by atoms with Crippen LogP contribution in [0.15, 0.2) is 23.8 Å². The predicted octanol–water partition coefficient (Wildman–Crippen LogP) is 3.49. The van der Waals surface area contributed by atoms with Gasteiger partial charge in [0, 0.05) is 0 Å². The highest BCUT2D eigenvalue weighted by molar-refractivity contribution is 6.16. The Hall–Kier alpha value is -1.84. The molecule has 0 saturated carbocycles. The third-order valence-corrected chi connectivity index (χ3v) is 2.30. The summed E-state index contributed by atoms with van der Waals surface area (Å²) in [6.07, 6.45) is -0.132. The maximum absolute atomic E-state index is 13.8. The van der Waals surface area contributed by atoms with Crippen molar-refractivity contribution in [3.8, 4) is 5.75 Å². The van der Waals surface area contributed by atoms with Crippen LogP contribution in [0.25, 0.3) is 5.57 Å². The van der Waals surface area contributed by atoms with E-state index in [0.29, 0.717) is 11.1 Å². The molecule has 18 heavy (non-hydrogen) atoms. The highest BCUT2D eigenvalue weighted by Gasteiger charge is 2.15. The van der Waals surface area contributed by atoms with E-state index in [-0.39, 0.29) is 17.4 Å². The van der Waals surface area contributed by atoms with Gasteiger partial charge in [0.2, 0.25) is 0 Å². The zero-order chi connectivity index (χ0) is 13.9. The normalized spacial score (nSPS) is 10.3. The minimum atomic E-state index is -1.06. The summed E-state index contributed by atoms with van der Waals surface area (Å²) < 4.78 is 19.0. The highest BCUT2D eigenvalue weighted by Crippen LogP contribution is 2.25. The fraction of sp³-hybridized carbons (Fsp3) is 0.357. The van der Waals surface area contributed by atoms with Crippen LogP contribution in [0, 0.1) is 5.82 Å². The Labute approximate surface area is 106 Å². The Balaban J connectivity index is 3.19. The van der Waals surface area contributed by atoms with Crippen molar-refractivity contribution >= 4 is 11.5 Å². The van der Waals surface area contributed by atoms with E-state index in [2.05, 4.69) is 0 Å². The number of benzene rings is 1. The number of carboxylic acids is 1. The Kier molecular flexibility index (Phi) is 4.48. The lowest BCUT2D eigenvalue weighted by molar-refractivity contribution is -0.130. The molecule has 3 nitrogen and oxygen atoms in total. The number of ether oxygens (including phenoxy) is 1. The molecule has 0 atom stereocenters. The lowest BCUT2D eigenvalue weighted by atomic mass is 10.0. The van der Waals surface area contributed by atoms with Gasteiger partial charge in [0.25, 0.3) is 0 Å². The predicted molar refractivity (Wildman–Crippen MR) is 68.1 cm³/mol. The van der Waals surface area contributed by atoms with Crippen LogP contribution in [0.1, 0.15) is 33.3 Å². The fourth-order valence-electron chi connectivity index (χ4n) is 1.63. The topological polar surface area (TPSA) is 46.5 Å². The summed E-state index contributed by atoms with van der Waals surface area (Å²) in [6, 6.07) is 4.20. The van der Waals surface area contributed by atoms with Gasteiger partial charge >= 0.3 is 5.97 Å². The van der Waals surface area contributed by atoms with Crippen LogP contribution in [0.4, 0.5) is 4.39 Å². The van der Waals surface area contributed by atoms with Gasteiger partial charge < -0.3 is 9.84 Å². The minimum absolute atomic E-state index is 0.116. The second kappa shape index (κ2) is 5.67. The molecule has 4 heteroatoms. The number of carboxylic acid groups (broad SMARTS) is 1. The molecule has 0 aliphatic carbocycles. The first kappa shape index (κ1) is 14.2. The van der Waals surface area contributed by atoms with Crippen LogP contribution in [-0.2, 0) is 4.79 Å². The number of halogens is 1. The van der Waals surface area contributed by atoms with Gasteiger partial charge in [-0.15, -0.1) is 0 Å². The van der Waals surface area contributed by atoms with E-state index in [1.54, 1.807) is 33.8 Å². The average molecular weight is 252 g/mol. The van der Waals surface area contributed by atoms with E-state index < -0.39 is 11.8 Å². The van der Waals surface area contributed by atoms with Gasteiger partial charge in [-0.25, -0.2) is 9.18 Å². The van der Waals surface area contributed by atoms with Crippen molar-refractivity contribution < 1.29 is 19.0 Å². The first-order valence-corrected chi connectivity index (χ1v) is 5.70. The molecule has 0 saturated heterocycles. The van der Waals surface area contributed by atoms with Crippen LogP contribution >= 0.6 is 0 Å². The maximum atomic E-state index is 13.8. The monoisotopic (exact) mass is 252 g/mol. The van der Waals surface area contributed by atoms with Gasteiger partial charge in [-0.3, -0.25) is 0 Å². The van der Waals surface area contributed by atoms with Crippen LogP contribution in [0.2, 0.25) is 0 Å². The summed E-state index contributed by atoms with van der Waals surface area (Å²) in [7, 11) is 0.